The maximum Gasteiger partial charge on any atom is 0.418 e. The van der Waals surface area contributed by atoms with Gasteiger partial charge in [0.2, 0.25) is 10.0 Å². The first-order valence-corrected chi connectivity index (χ1v) is 10.1. The fraction of sp³-hybridized carbons (Fsp3) is 0.294. The molecule has 2 aromatic rings. The quantitative estimate of drug-likeness (QED) is 0.542. The molecule has 0 saturated carbocycles. The Hall–Kier alpha value is -1.71. The van der Waals surface area contributed by atoms with Gasteiger partial charge in [-0.05, 0) is 37.6 Å². The van der Waals surface area contributed by atoms with Crippen LogP contribution < -0.4 is 10.5 Å². The molecule has 1 atom stereocenters. The number of benzene rings is 2. The lowest BCUT2D eigenvalue weighted by Gasteiger charge is -2.32. The molecule has 2 rings (SSSR count). The summed E-state index contributed by atoms with van der Waals surface area (Å²) in [6.07, 6.45) is -4.29. The minimum atomic E-state index is -4.73. The molecule has 0 bridgehead atoms. The maximum absolute atomic E-state index is 13.4. The molecule has 0 spiro atoms. The molecular weight excluding hydrogens is 385 g/mol. The molecule has 0 aliphatic rings. The topological polar surface area (TPSA) is 72.2 Å². The van der Waals surface area contributed by atoms with Crippen molar-refractivity contribution in [3.63, 3.8) is 0 Å². The van der Waals surface area contributed by atoms with Crippen LogP contribution in [0, 0.1) is 0 Å². The predicted molar refractivity (Wildman–Crippen MR) is 97.4 cm³/mol. The van der Waals surface area contributed by atoms with Gasteiger partial charge in [0, 0.05) is 4.90 Å². The molecule has 4 nitrogen and oxygen atoms in total. The number of alkyl halides is 3. The first-order chi connectivity index (χ1) is 12.0. The van der Waals surface area contributed by atoms with Crippen molar-refractivity contribution in [3.8, 4) is 0 Å². The molecule has 142 valence electrons. The summed E-state index contributed by atoms with van der Waals surface area (Å²) in [7, 11) is -4.34. The van der Waals surface area contributed by atoms with Crippen LogP contribution in [-0.2, 0) is 16.2 Å². The van der Waals surface area contributed by atoms with Gasteiger partial charge in [-0.15, -0.1) is 0 Å². The minimum absolute atomic E-state index is 0.433. The van der Waals surface area contributed by atoms with Crippen LogP contribution in [-0.4, -0.2) is 13.3 Å². The van der Waals surface area contributed by atoms with Gasteiger partial charge in [-0.25, -0.2) is 13.6 Å². The van der Waals surface area contributed by atoms with Crippen molar-refractivity contribution in [2.45, 2.75) is 41.1 Å². The van der Waals surface area contributed by atoms with Gasteiger partial charge < -0.3 is 5.32 Å². The second-order valence-corrected chi connectivity index (χ2v) is 8.95. The highest BCUT2D eigenvalue weighted by Gasteiger charge is 2.38. The smallest absolute Gasteiger partial charge is 0.369 e. The molecule has 26 heavy (non-hydrogen) atoms. The molecule has 0 aromatic heterocycles. The molecule has 0 aliphatic heterocycles. The number of halogens is 3. The number of nitrogens with one attached hydrogen (secondary N) is 1. The van der Waals surface area contributed by atoms with E-state index in [1.807, 2.05) is 30.3 Å². The summed E-state index contributed by atoms with van der Waals surface area (Å²) in [5, 5.41) is 7.93. The lowest BCUT2D eigenvalue weighted by molar-refractivity contribution is -0.137. The van der Waals surface area contributed by atoms with Crippen LogP contribution in [0.3, 0.4) is 0 Å². The van der Waals surface area contributed by atoms with Gasteiger partial charge in [0.05, 0.1) is 16.1 Å². The van der Waals surface area contributed by atoms with E-state index in [-0.39, 0.29) is 0 Å². The normalized spacial score (nSPS) is 14.7. The first-order valence-electron chi connectivity index (χ1n) is 7.71. The number of sulfonamides is 1. The summed E-state index contributed by atoms with van der Waals surface area (Å²) >= 11 is 1.31. The van der Waals surface area contributed by atoms with E-state index in [1.54, 1.807) is 13.8 Å². The van der Waals surface area contributed by atoms with E-state index in [2.05, 4.69) is 5.32 Å². The number of para-hydroxylation sites is 1. The highest BCUT2D eigenvalue weighted by atomic mass is 32.2. The van der Waals surface area contributed by atoms with Gasteiger partial charge >= 0.3 is 6.18 Å². The molecule has 1 unspecified atom stereocenters. The Morgan fingerprint density at radius 3 is 2.19 bits per heavy atom. The van der Waals surface area contributed by atoms with E-state index in [4.69, 9.17) is 5.14 Å². The Balaban J connectivity index is 2.55. The van der Waals surface area contributed by atoms with Crippen LogP contribution in [0.15, 0.2) is 58.3 Å². The van der Waals surface area contributed by atoms with Crippen LogP contribution in [0.4, 0.5) is 18.9 Å². The van der Waals surface area contributed by atoms with Gasteiger partial charge in [0.1, 0.15) is 4.90 Å². The first kappa shape index (κ1) is 20.6. The predicted octanol–water partition coefficient (Wildman–Crippen LogP) is 4.68. The van der Waals surface area contributed by atoms with E-state index < -0.39 is 37.2 Å². The molecular formula is C17H19F3N2O2S2. The molecule has 0 radical (unpaired) electrons. The molecule has 0 heterocycles. The monoisotopic (exact) mass is 404 g/mol. The zero-order valence-corrected chi connectivity index (χ0v) is 15.8. The molecule has 3 N–H and O–H groups in total. The van der Waals surface area contributed by atoms with Gasteiger partial charge in [-0.1, -0.05) is 43.0 Å². The van der Waals surface area contributed by atoms with E-state index in [0.717, 1.165) is 23.1 Å². The third-order valence-corrected chi connectivity index (χ3v) is 6.09. The fourth-order valence-corrected chi connectivity index (χ4v) is 4.16. The van der Waals surface area contributed by atoms with Crippen LogP contribution >= 0.6 is 11.8 Å². The third kappa shape index (κ3) is 4.93. The minimum Gasteiger partial charge on any atom is -0.369 e. The Bertz CT molecular complexity index is 871. The SMILES string of the molecule is CCC(C)(Nc1c(C(F)(F)F)cccc1S(N)(=O)=O)Sc1ccccc1. The van der Waals surface area contributed by atoms with Crippen LogP contribution in [0.1, 0.15) is 25.8 Å². The molecule has 9 heteroatoms. The second kappa shape index (κ2) is 7.50. The van der Waals surface area contributed by atoms with Gasteiger partial charge in [-0.3, -0.25) is 0 Å². The zero-order chi connectivity index (χ0) is 19.6. The number of hydrogen-bond donors (Lipinski definition) is 2. The molecule has 0 aliphatic carbocycles. The Morgan fingerprint density at radius 2 is 1.69 bits per heavy atom. The molecule has 2 aromatic carbocycles. The molecule has 0 saturated heterocycles. The van der Waals surface area contributed by atoms with E-state index in [1.165, 1.54) is 11.8 Å². The van der Waals surface area contributed by atoms with Crippen LogP contribution in [0.5, 0.6) is 0 Å². The molecule has 0 amide bonds. The summed E-state index contributed by atoms with van der Waals surface area (Å²) in [6, 6.07) is 12.1. The van der Waals surface area contributed by atoms with E-state index >= 15 is 0 Å². The number of rotatable bonds is 6. The van der Waals surface area contributed by atoms with Crippen molar-refractivity contribution in [1.29, 1.82) is 0 Å². The van der Waals surface area contributed by atoms with Crippen molar-refractivity contribution < 1.29 is 21.6 Å². The summed E-state index contributed by atoms with van der Waals surface area (Å²) < 4.78 is 64.0. The lowest BCUT2D eigenvalue weighted by Crippen LogP contribution is -2.32. The van der Waals surface area contributed by atoms with Crippen molar-refractivity contribution in [3.05, 3.63) is 54.1 Å². The summed E-state index contributed by atoms with van der Waals surface area (Å²) in [4.78, 5) is -0.631. The van der Waals surface area contributed by atoms with Gasteiger partial charge in [0.25, 0.3) is 0 Å². The van der Waals surface area contributed by atoms with Gasteiger partial charge in [0.15, 0.2) is 0 Å². The van der Waals surface area contributed by atoms with Crippen LogP contribution in [0.2, 0.25) is 0 Å². The molecule has 0 fully saturated rings. The lowest BCUT2D eigenvalue weighted by atomic mass is 10.1. The van der Waals surface area contributed by atoms with Crippen LogP contribution in [0.25, 0.3) is 0 Å². The van der Waals surface area contributed by atoms with E-state index in [0.29, 0.717) is 6.42 Å². The maximum atomic E-state index is 13.4. The standard InChI is InChI=1S/C17H19F3N2O2S2/c1-3-16(2,25-12-8-5-4-6-9-12)22-15-13(17(18,19)20)10-7-11-14(15)26(21,23)24/h4-11,22H,3H2,1-2H3,(H2,21,23,24). The van der Waals surface area contributed by atoms with Gasteiger partial charge in [-0.2, -0.15) is 13.2 Å². The second-order valence-electron chi connectivity index (χ2n) is 5.85. The van der Waals surface area contributed by atoms with Crippen molar-refractivity contribution in [1.82, 2.24) is 0 Å². The number of hydrogen-bond acceptors (Lipinski definition) is 4. The Morgan fingerprint density at radius 1 is 1.08 bits per heavy atom. The summed E-state index contributed by atoms with van der Waals surface area (Å²) in [5.41, 5.74) is -1.60. The Kier molecular flexibility index (Phi) is 5.94. The summed E-state index contributed by atoms with van der Waals surface area (Å²) in [6.45, 7) is 3.51. The highest BCUT2D eigenvalue weighted by molar-refractivity contribution is 8.00. The largest absolute Gasteiger partial charge is 0.418 e. The third-order valence-electron chi connectivity index (χ3n) is 3.79. The highest BCUT2D eigenvalue weighted by Crippen LogP contribution is 2.43. The number of nitrogens with two attached hydrogens (primary N) is 1. The number of primary sulfonamides is 1. The number of thioether (sulfide) groups is 1. The van der Waals surface area contributed by atoms with Crippen molar-refractivity contribution in [2.75, 3.05) is 5.32 Å². The fourth-order valence-electron chi connectivity index (χ4n) is 2.33. The van der Waals surface area contributed by atoms with Crippen molar-refractivity contribution >= 4 is 27.5 Å². The van der Waals surface area contributed by atoms with E-state index in [9.17, 15) is 21.6 Å². The van der Waals surface area contributed by atoms with Crippen molar-refractivity contribution in [2.24, 2.45) is 5.14 Å². The summed E-state index contributed by atoms with van der Waals surface area (Å²) in [5.74, 6) is 0. The number of anilines is 1. The zero-order valence-electron chi connectivity index (χ0n) is 14.2. The average Bonchev–Trinajstić information content (AvgIpc) is 2.54. The average molecular weight is 404 g/mol. The Labute approximate surface area is 155 Å².